The largest absolute Gasteiger partial charge is 0.520 e. The molecule has 15 heteroatoms. The van der Waals surface area contributed by atoms with Gasteiger partial charge in [-0.2, -0.15) is 0 Å². The molecular formula is C30H42O8Si7. The maximum absolute atomic E-state index is 12.9. The Hall–Kier alpha value is -1.92. The summed E-state index contributed by atoms with van der Waals surface area (Å²) in [6.07, 6.45) is 0. The molecule has 238 valence electrons. The van der Waals surface area contributed by atoms with E-state index in [1.54, 1.807) is 0 Å². The summed E-state index contributed by atoms with van der Waals surface area (Å²) in [6, 6.07) is 38.3. The van der Waals surface area contributed by atoms with Crippen molar-refractivity contribution in [2.75, 3.05) is 0 Å². The second kappa shape index (κ2) is 14.5. The highest BCUT2D eigenvalue weighted by Gasteiger charge is 2.70. The molecule has 1 aliphatic rings. The predicted molar refractivity (Wildman–Crippen MR) is 194 cm³/mol. The summed E-state index contributed by atoms with van der Waals surface area (Å²) >= 11 is 0. The van der Waals surface area contributed by atoms with Gasteiger partial charge in [0, 0.05) is 20.7 Å². The van der Waals surface area contributed by atoms with Crippen molar-refractivity contribution < 1.29 is 33.6 Å². The van der Waals surface area contributed by atoms with Gasteiger partial charge in [0.2, 0.25) is 0 Å². The van der Waals surface area contributed by atoms with Crippen molar-refractivity contribution >= 4 is 83.1 Å². The first-order valence-corrected chi connectivity index (χ1v) is 30.6. The van der Waals surface area contributed by atoms with Crippen LogP contribution in [-0.4, -0.2) is 67.1 Å². The standard InChI is InChI=1S/C30H42O8Si7/c1-39(2)32-43(28-21-13-8-14-22-28)35-42(31,27-19-11-7-12-20-27)36-44(33-40(3)4,29-23-15-9-16-24-29)38-45(37-43,34-41(5)6)30-25-17-10-18-26-30/h7-26,31,39-41H,1-6H3. The molecule has 45 heavy (non-hydrogen) atoms. The van der Waals surface area contributed by atoms with E-state index >= 15 is 0 Å². The average Bonchev–Trinajstić information content (AvgIpc) is 3.01. The third kappa shape index (κ3) is 7.80. The van der Waals surface area contributed by atoms with Gasteiger partial charge >= 0.3 is 35.2 Å². The summed E-state index contributed by atoms with van der Waals surface area (Å²) in [7, 11) is -22.2. The Bertz CT molecular complexity index is 1440. The Kier molecular flexibility index (Phi) is 11.1. The zero-order valence-electron chi connectivity index (χ0n) is 26.6. The van der Waals surface area contributed by atoms with Crippen LogP contribution in [0.25, 0.3) is 0 Å². The molecule has 4 aromatic carbocycles. The normalized spacial score (nSPS) is 27.4. The second-order valence-corrected chi connectivity index (χ2v) is 30.8. The van der Waals surface area contributed by atoms with Crippen molar-refractivity contribution in [3.8, 4) is 0 Å². The molecule has 1 aliphatic heterocycles. The van der Waals surface area contributed by atoms with Crippen molar-refractivity contribution in [1.82, 2.24) is 0 Å². The van der Waals surface area contributed by atoms with Crippen LogP contribution in [0, 0.1) is 0 Å². The molecule has 0 bridgehead atoms. The first kappa shape index (κ1) is 34.4. The van der Waals surface area contributed by atoms with Gasteiger partial charge in [0.1, 0.15) is 0 Å². The molecule has 1 fully saturated rings. The van der Waals surface area contributed by atoms with Gasteiger partial charge in [0.25, 0.3) is 0 Å². The zero-order chi connectivity index (χ0) is 32.1. The van der Waals surface area contributed by atoms with Crippen molar-refractivity contribution in [2.45, 2.75) is 39.3 Å². The number of hydrogen-bond donors (Lipinski definition) is 1. The third-order valence-electron chi connectivity index (χ3n) is 6.78. The summed E-state index contributed by atoms with van der Waals surface area (Å²) in [5, 5.41) is 2.67. The Morgan fingerprint density at radius 1 is 0.400 bits per heavy atom. The number of benzene rings is 4. The molecule has 0 aliphatic carbocycles. The van der Waals surface area contributed by atoms with E-state index < -0.39 is 62.3 Å². The molecule has 0 radical (unpaired) electrons. The quantitative estimate of drug-likeness (QED) is 0.250. The Labute approximate surface area is 276 Å². The van der Waals surface area contributed by atoms with E-state index in [0.29, 0.717) is 15.6 Å². The number of hydrogen-bond acceptors (Lipinski definition) is 8. The Morgan fingerprint density at radius 2 is 0.644 bits per heavy atom. The van der Waals surface area contributed by atoms with Crippen molar-refractivity contribution in [3.63, 3.8) is 0 Å². The van der Waals surface area contributed by atoms with Crippen LogP contribution in [0.2, 0.25) is 39.3 Å². The average molecular weight is 727 g/mol. The van der Waals surface area contributed by atoms with Crippen LogP contribution in [0.5, 0.6) is 0 Å². The van der Waals surface area contributed by atoms with Crippen LogP contribution in [0.4, 0.5) is 0 Å². The Balaban J connectivity index is 1.88. The van der Waals surface area contributed by atoms with Gasteiger partial charge in [-0.1, -0.05) is 121 Å². The molecule has 5 rings (SSSR count). The molecule has 0 spiro atoms. The molecule has 0 saturated carbocycles. The molecule has 0 amide bonds. The fourth-order valence-electron chi connectivity index (χ4n) is 5.13. The summed E-state index contributed by atoms with van der Waals surface area (Å²) in [5.41, 5.74) is 0. The van der Waals surface area contributed by atoms with Crippen molar-refractivity contribution in [2.24, 2.45) is 0 Å². The van der Waals surface area contributed by atoms with Gasteiger partial charge in [-0.25, -0.2) is 0 Å². The van der Waals surface area contributed by atoms with Crippen molar-refractivity contribution in [1.29, 1.82) is 0 Å². The maximum Gasteiger partial charge on any atom is 0.520 e. The van der Waals surface area contributed by atoms with E-state index in [2.05, 4.69) is 39.3 Å². The van der Waals surface area contributed by atoms with Gasteiger partial charge in [-0.3, -0.25) is 0 Å². The lowest BCUT2D eigenvalue weighted by atomic mass is 10.4. The van der Waals surface area contributed by atoms with E-state index in [-0.39, 0.29) is 0 Å². The lowest BCUT2D eigenvalue weighted by molar-refractivity contribution is 0.104. The minimum Gasteiger partial charge on any atom is -0.416 e. The fraction of sp³-hybridized carbons (Fsp3) is 0.200. The van der Waals surface area contributed by atoms with E-state index in [9.17, 15) is 4.80 Å². The predicted octanol–water partition coefficient (Wildman–Crippen LogP) is 2.44. The lowest BCUT2D eigenvalue weighted by Gasteiger charge is -2.50. The van der Waals surface area contributed by atoms with E-state index in [1.165, 1.54) is 0 Å². The minimum absolute atomic E-state index is 0.508. The Morgan fingerprint density at radius 3 is 0.911 bits per heavy atom. The first-order valence-electron chi connectivity index (χ1n) is 15.3. The van der Waals surface area contributed by atoms with Crippen LogP contribution < -0.4 is 20.7 Å². The van der Waals surface area contributed by atoms with E-state index in [4.69, 9.17) is 28.8 Å². The fourth-order valence-corrected chi connectivity index (χ4v) is 32.1. The van der Waals surface area contributed by atoms with Gasteiger partial charge in [-0.15, -0.1) is 0 Å². The van der Waals surface area contributed by atoms with Crippen LogP contribution >= 0.6 is 0 Å². The molecule has 8 nitrogen and oxygen atoms in total. The van der Waals surface area contributed by atoms with E-state index in [1.807, 2.05) is 121 Å². The summed E-state index contributed by atoms with van der Waals surface area (Å²) < 4.78 is 50.1. The molecule has 1 heterocycles. The van der Waals surface area contributed by atoms with Gasteiger partial charge in [0.05, 0.1) is 0 Å². The highest BCUT2D eigenvalue weighted by Crippen LogP contribution is 2.33. The number of rotatable bonds is 10. The maximum atomic E-state index is 12.9. The van der Waals surface area contributed by atoms with Crippen molar-refractivity contribution in [3.05, 3.63) is 121 Å². The second-order valence-electron chi connectivity index (χ2n) is 11.6. The first-order chi connectivity index (χ1) is 21.5. The van der Waals surface area contributed by atoms with Crippen LogP contribution in [0.15, 0.2) is 121 Å². The summed E-state index contributed by atoms with van der Waals surface area (Å²) in [6.45, 7) is 12.4. The SMILES string of the molecule is C[SiH](C)O[Si]1(c2ccccc2)O[Si](O)(c2ccccc2)O[Si](O[SiH](C)C)(c2ccccc2)O[Si](O[SiH](C)C)(c2ccccc2)O1. The molecular weight excluding hydrogens is 685 g/mol. The van der Waals surface area contributed by atoms with Crippen LogP contribution in [-0.2, 0) is 28.8 Å². The van der Waals surface area contributed by atoms with Gasteiger partial charge in [-0.05, 0) is 39.3 Å². The van der Waals surface area contributed by atoms with E-state index in [0.717, 1.165) is 5.19 Å². The topological polar surface area (TPSA) is 84.8 Å². The summed E-state index contributed by atoms with van der Waals surface area (Å²) in [4.78, 5) is 12.9. The van der Waals surface area contributed by atoms with Crippen LogP contribution in [0.3, 0.4) is 0 Å². The lowest BCUT2D eigenvalue weighted by Crippen LogP contribution is -2.83. The van der Waals surface area contributed by atoms with Gasteiger partial charge < -0.3 is 33.6 Å². The summed E-state index contributed by atoms with van der Waals surface area (Å²) in [5.74, 6) is 0. The molecule has 2 unspecified atom stereocenters. The minimum atomic E-state index is -4.42. The molecule has 1 N–H and O–H groups in total. The third-order valence-corrected chi connectivity index (χ3v) is 29.0. The molecule has 1 saturated heterocycles. The van der Waals surface area contributed by atoms with Gasteiger partial charge in [0.15, 0.2) is 27.1 Å². The molecule has 0 aromatic heterocycles. The monoisotopic (exact) mass is 726 g/mol. The highest BCUT2D eigenvalue weighted by molar-refractivity contribution is 7.03. The molecule has 2 atom stereocenters. The molecule has 4 aromatic rings. The highest BCUT2D eigenvalue weighted by atomic mass is 28.6. The zero-order valence-corrected chi connectivity index (χ0v) is 34.0. The van der Waals surface area contributed by atoms with Crippen LogP contribution in [0.1, 0.15) is 0 Å². The smallest absolute Gasteiger partial charge is 0.416 e.